The van der Waals surface area contributed by atoms with E-state index in [0.29, 0.717) is 35.8 Å². The summed E-state index contributed by atoms with van der Waals surface area (Å²) >= 11 is 0. The Labute approximate surface area is 307 Å². The van der Waals surface area contributed by atoms with E-state index >= 15 is 0 Å². The van der Waals surface area contributed by atoms with Crippen molar-refractivity contribution < 1.29 is 14.5 Å². The van der Waals surface area contributed by atoms with Crippen LogP contribution in [0.15, 0.2) is 35.6 Å². The molecule has 5 heteroatoms. The van der Waals surface area contributed by atoms with Gasteiger partial charge in [0.25, 0.3) is 0 Å². The van der Waals surface area contributed by atoms with E-state index in [1.807, 2.05) is 0 Å². The molecule has 0 aromatic carbocycles. The van der Waals surface area contributed by atoms with Crippen LogP contribution in [0.1, 0.15) is 189 Å². The van der Waals surface area contributed by atoms with Crippen molar-refractivity contribution in [2.24, 2.45) is 46.3 Å². The van der Waals surface area contributed by atoms with Crippen molar-refractivity contribution in [3.63, 3.8) is 0 Å². The van der Waals surface area contributed by atoms with Gasteiger partial charge in [-0.2, -0.15) is 0 Å². The summed E-state index contributed by atoms with van der Waals surface area (Å²) in [5, 5.41) is 11.2. The predicted molar refractivity (Wildman–Crippen MR) is 208 cm³/mol. The molecule has 5 unspecified atom stereocenters. The van der Waals surface area contributed by atoms with Crippen LogP contribution in [0.4, 0.5) is 0 Å². The van der Waals surface area contributed by atoms with Gasteiger partial charge in [0.2, 0.25) is 5.70 Å². The summed E-state index contributed by atoms with van der Waals surface area (Å²) < 4.78 is 6.10. The molecule has 4 aliphatic rings. The first-order valence-electron chi connectivity index (χ1n) is 21.4. The van der Waals surface area contributed by atoms with Gasteiger partial charge in [0.1, 0.15) is 6.10 Å². The highest BCUT2D eigenvalue weighted by atomic mass is 16.6. The molecule has 0 aromatic heterocycles. The number of unbranched alkanes of at least 4 members (excludes halogenated alkanes) is 7. The lowest BCUT2D eigenvalue weighted by molar-refractivity contribution is -0.428. The Morgan fingerprint density at radius 1 is 0.920 bits per heavy atom. The smallest absolute Gasteiger partial charge is 0.306 e. The molecule has 0 spiro atoms. The fourth-order valence-electron chi connectivity index (χ4n) is 11.3. The number of carbonyl (C=O) groups excluding carboxylic acids is 1. The van der Waals surface area contributed by atoms with Gasteiger partial charge in [-0.15, -0.1) is 0 Å². The van der Waals surface area contributed by atoms with Crippen molar-refractivity contribution in [3.8, 4) is 0 Å². The molecule has 50 heavy (non-hydrogen) atoms. The average molecular weight is 694 g/mol. The summed E-state index contributed by atoms with van der Waals surface area (Å²) in [6.45, 7) is 14.7. The number of hydrogen-bond donors (Lipinski definition) is 0. The second-order valence-electron chi connectivity index (χ2n) is 18.1. The van der Waals surface area contributed by atoms with Crippen molar-refractivity contribution in [3.05, 3.63) is 45.7 Å². The number of nitro groups is 1. The van der Waals surface area contributed by atoms with Gasteiger partial charge in [-0.1, -0.05) is 117 Å². The minimum atomic E-state index is -0.225. The summed E-state index contributed by atoms with van der Waals surface area (Å²) in [6.07, 6.45) is 34.1. The van der Waals surface area contributed by atoms with E-state index in [1.54, 1.807) is 11.6 Å². The van der Waals surface area contributed by atoms with Crippen LogP contribution in [-0.2, 0) is 9.53 Å². The van der Waals surface area contributed by atoms with Crippen molar-refractivity contribution in [2.45, 2.75) is 195 Å². The third kappa shape index (κ3) is 10.8. The second kappa shape index (κ2) is 19.8. The summed E-state index contributed by atoms with van der Waals surface area (Å²) in [6, 6.07) is 0. The van der Waals surface area contributed by atoms with Gasteiger partial charge >= 0.3 is 5.97 Å². The highest BCUT2D eigenvalue weighted by Crippen LogP contribution is 2.67. The first-order valence-corrected chi connectivity index (χ1v) is 21.4. The highest BCUT2D eigenvalue weighted by molar-refractivity contribution is 5.69. The zero-order chi connectivity index (χ0) is 36.1. The lowest BCUT2D eigenvalue weighted by Gasteiger charge is -2.58. The van der Waals surface area contributed by atoms with Crippen LogP contribution in [0.3, 0.4) is 0 Å². The van der Waals surface area contributed by atoms with E-state index in [4.69, 9.17) is 4.74 Å². The Morgan fingerprint density at radius 2 is 1.68 bits per heavy atom. The SMILES string of the molecule is CCCCC/C(=C\C/C=C\CCCCCCCC(=O)OC1CC[C@@]2(C)C(=CCC3C4CCC([C@H](C)CCCC(C)C)[C@@]4(C)CCC32)C1)[N+](=O)[O-]. The van der Waals surface area contributed by atoms with E-state index in [0.717, 1.165) is 106 Å². The molecule has 5 nitrogen and oxygen atoms in total. The Morgan fingerprint density at radius 3 is 2.44 bits per heavy atom. The molecule has 0 heterocycles. The number of carbonyl (C=O) groups is 1. The maximum Gasteiger partial charge on any atom is 0.306 e. The number of nitrogens with zero attached hydrogens (tertiary/aromatic N) is 1. The monoisotopic (exact) mass is 694 g/mol. The van der Waals surface area contributed by atoms with E-state index in [9.17, 15) is 14.9 Å². The molecule has 0 aromatic rings. The number of hydrogen-bond acceptors (Lipinski definition) is 4. The van der Waals surface area contributed by atoms with Gasteiger partial charge in [0, 0.05) is 19.3 Å². The van der Waals surface area contributed by atoms with Gasteiger partial charge < -0.3 is 4.74 Å². The predicted octanol–water partition coefficient (Wildman–Crippen LogP) is 13.4. The maximum absolute atomic E-state index is 12.8. The lowest BCUT2D eigenvalue weighted by Crippen LogP contribution is -2.51. The summed E-state index contributed by atoms with van der Waals surface area (Å²) in [7, 11) is 0. The van der Waals surface area contributed by atoms with Crippen molar-refractivity contribution >= 4 is 5.97 Å². The molecule has 3 saturated carbocycles. The molecule has 0 N–H and O–H groups in total. The Bertz CT molecular complexity index is 1170. The first-order chi connectivity index (χ1) is 24.0. The summed E-state index contributed by atoms with van der Waals surface area (Å²) in [4.78, 5) is 23.8. The average Bonchev–Trinajstić information content (AvgIpc) is 3.43. The van der Waals surface area contributed by atoms with E-state index in [2.05, 4.69) is 59.8 Å². The van der Waals surface area contributed by atoms with Crippen LogP contribution in [0.25, 0.3) is 0 Å². The third-order valence-corrected chi connectivity index (χ3v) is 14.2. The molecule has 0 amide bonds. The van der Waals surface area contributed by atoms with Gasteiger partial charge in [-0.25, -0.2) is 0 Å². The van der Waals surface area contributed by atoms with Crippen molar-refractivity contribution in [1.82, 2.24) is 0 Å². The molecule has 0 aliphatic heterocycles. The number of rotatable bonds is 21. The largest absolute Gasteiger partial charge is 0.462 e. The van der Waals surface area contributed by atoms with Gasteiger partial charge in [0.15, 0.2) is 0 Å². The van der Waals surface area contributed by atoms with Crippen LogP contribution in [0.5, 0.6) is 0 Å². The van der Waals surface area contributed by atoms with E-state index in [-0.39, 0.29) is 17.0 Å². The standard InChI is InChI=1S/C45H75NO4/c1-7-8-16-22-37(46(48)49)23-17-14-12-10-9-11-13-15-18-24-43(47)50-38-29-31-44(5)36(33-38)25-26-39-41-28-27-40(35(4)21-19-20-34(2)3)45(41,6)32-30-42(39)44/h12,14,23,25,34-35,38-42H,7-11,13,15-22,24,26-33H2,1-6H3/b14-12-,37-23+/t35-,38?,39?,40?,41?,42?,44+,45-/m1/s1. The minimum Gasteiger partial charge on any atom is -0.462 e. The molecule has 8 atom stereocenters. The lowest BCUT2D eigenvalue weighted by atomic mass is 9.47. The topological polar surface area (TPSA) is 69.4 Å². The van der Waals surface area contributed by atoms with Gasteiger partial charge in [-0.3, -0.25) is 14.9 Å². The Hall–Kier alpha value is -1.91. The summed E-state index contributed by atoms with van der Waals surface area (Å²) in [5.41, 5.74) is 2.79. The van der Waals surface area contributed by atoms with E-state index in [1.165, 1.54) is 57.8 Å². The number of allylic oxidation sites excluding steroid dienone is 5. The zero-order valence-corrected chi connectivity index (χ0v) is 33.2. The second-order valence-corrected chi connectivity index (χ2v) is 18.1. The Balaban J connectivity index is 1.12. The quantitative estimate of drug-likeness (QED) is 0.0394. The van der Waals surface area contributed by atoms with Crippen LogP contribution in [0, 0.1) is 56.5 Å². The normalized spacial score (nSPS) is 31.6. The van der Waals surface area contributed by atoms with Crippen molar-refractivity contribution in [1.29, 1.82) is 0 Å². The molecular weight excluding hydrogens is 618 g/mol. The first kappa shape index (κ1) is 40.9. The van der Waals surface area contributed by atoms with Gasteiger partial charge in [-0.05, 0) is 129 Å². The van der Waals surface area contributed by atoms with Crippen LogP contribution >= 0.6 is 0 Å². The van der Waals surface area contributed by atoms with Crippen molar-refractivity contribution in [2.75, 3.05) is 0 Å². The van der Waals surface area contributed by atoms with E-state index < -0.39 is 0 Å². The maximum atomic E-state index is 12.8. The van der Waals surface area contributed by atoms with Crippen LogP contribution in [0.2, 0.25) is 0 Å². The molecule has 4 aliphatic carbocycles. The highest BCUT2D eigenvalue weighted by Gasteiger charge is 2.59. The van der Waals surface area contributed by atoms with Crippen LogP contribution in [-0.4, -0.2) is 17.0 Å². The fourth-order valence-corrected chi connectivity index (χ4v) is 11.3. The molecule has 0 radical (unpaired) electrons. The zero-order valence-electron chi connectivity index (χ0n) is 33.2. The summed E-state index contributed by atoms with van der Waals surface area (Å²) in [5.74, 6) is 5.13. The minimum absolute atomic E-state index is 0.000564. The molecule has 0 bridgehead atoms. The molecule has 4 rings (SSSR count). The number of fused-ring (bicyclic) bond motifs is 5. The Kier molecular flexibility index (Phi) is 16.2. The number of ether oxygens (including phenoxy) is 1. The molecule has 284 valence electrons. The molecule has 3 fully saturated rings. The fraction of sp³-hybridized carbons (Fsp3) is 0.844. The molecular formula is C45H75NO4. The third-order valence-electron chi connectivity index (χ3n) is 14.2. The number of esters is 1. The van der Waals surface area contributed by atoms with Gasteiger partial charge in [0.05, 0.1) is 4.92 Å². The molecule has 0 saturated heterocycles. The van der Waals surface area contributed by atoms with Crippen LogP contribution < -0.4 is 0 Å².